The fourth-order valence-corrected chi connectivity index (χ4v) is 0.916. The van der Waals surface area contributed by atoms with Crippen molar-refractivity contribution >= 4 is 11.7 Å². The average Bonchev–Trinajstić information content (AvgIpc) is 2.18. The number of rotatable bonds is 4. The van der Waals surface area contributed by atoms with Crippen molar-refractivity contribution in [1.29, 1.82) is 0 Å². The zero-order chi connectivity index (χ0) is 12.3. The molecule has 0 heterocycles. The predicted octanol–water partition coefficient (Wildman–Crippen LogP) is 1.34. The molecule has 8 heteroatoms. The highest BCUT2D eigenvalue weighted by Gasteiger charge is 2.20. The van der Waals surface area contributed by atoms with Gasteiger partial charge in [0.25, 0.3) is 0 Å². The van der Waals surface area contributed by atoms with Crippen molar-refractivity contribution in [2.24, 2.45) is 0 Å². The number of nitro groups is 1. The maximum absolute atomic E-state index is 12.7. The van der Waals surface area contributed by atoms with Crippen molar-refractivity contribution in [1.82, 2.24) is 0 Å². The summed E-state index contributed by atoms with van der Waals surface area (Å²) < 4.78 is 29.8. The van der Waals surface area contributed by atoms with Gasteiger partial charge in [0.2, 0.25) is 5.75 Å². The molecule has 86 valence electrons. The molecule has 0 aromatic heterocycles. The molecule has 0 bridgehead atoms. The Morgan fingerprint density at radius 3 is 2.50 bits per heavy atom. The molecule has 1 aromatic carbocycles. The Labute approximate surface area is 87.2 Å². The number of carboxylic acid groups (broad SMARTS) is 1. The van der Waals surface area contributed by atoms with Gasteiger partial charge < -0.3 is 9.84 Å². The predicted molar refractivity (Wildman–Crippen MR) is 46.1 cm³/mol. The number of hydrogen-bond donors (Lipinski definition) is 1. The van der Waals surface area contributed by atoms with E-state index in [4.69, 9.17) is 5.11 Å². The molecule has 0 aliphatic heterocycles. The van der Waals surface area contributed by atoms with Gasteiger partial charge in [-0.2, -0.15) is 0 Å². The number of carboxylic acids is 1. The van der Waals surface area contributed by atoms with Crippen molar-refractivity contribution < 1.29 is 28.3 Å². The molecule has 6 nitrogen and oxygen atoms in total. The molecule has 0 aliphatic carbocycles. The quantitative estimate of drug-likeness (QED) is 0.625. The zero-order valence-electron chi connectivity index (χ0n) is 7.65. The van der Waals surface area contributed by atoms with E-state index in [2.05, 4.69) is 4.74 Å². The molecular weight excluding hydrogens is 228 g/mol. The lowest BCUT2D eigenvalue weighted by atomic mass is 10.3. The summed E-state index contributed by atoms with van der Waals surface area (Å²) in [6.07, 6.45) is 0. The molecule has 0 saturated carbocycles. The smallest absolute Gasteiger partial charge is 0.341 e. The van der Waals surface area contributed by atoms with Gasteiger partial charge in [-0.15, -0.1) is 0 Å². The van der Waals surface area contributed by atoms with E-state index in [1.54, 1.807) is 0 Å². The Morgan fingerprint density at radius 2 is 2.00 bits per heavy atom. The van der Waals surface area contributed by atoms with E-state index in [1.165, 1.54) is 0 Å². The summed E-state index contributed by atoms with van der Waals surface area (Å²) >= 11 is 0. The van der Waals surface area contributed by atoms with Crippen molar-refractivity contribution in [3.05, 3.63) is 33.9 Å². The van der Waals surface area contributed by atoms with E-state index in [0.29, 0.717) is 12.1 Å². The molecule has 0 unspecified atom stereocenters. The van der Waals surface area contributed by atoms with Crippen LogP contribution in [0, 0.1) is 21.7 Å². The van der Waals surface area contributed by atoms with Crippen molar-refractivity contribution in [2.45, 2.75) is 0 Å². The lowest BCUT2D eigenvalue weighted by Gasteiger charge is -2.04. The van der Waals surface area contributed by atoms with Crippen LogP contribution in [0.15, 0.2) is 12.1 Å². The maximum atomic E-state index is 12.7. The molecule has 0 saturated heterocycles. The van der Waals surface area contributed by atoms with E-state index in [9.17, 15) is 23.7 Å². The topological polar surface area (TPSA) is 89.7 Å². The van der Waals surface area contributed by atoms with Crippen molar-refractivity contribution in [3.63, 3.8) is 0 Å². The van der Waals surface area contributed by atoms with Gasteiger partial charge in [0, 0.05) is 6.07 Å². The first-order valence-electron chi connectivity index (χ1n) is 3.90. The van der Waals surface area contributed by atoms with E-state index >= 15 is 0 Å². The molecule has 1 aromatic rings. The van der Waals surface area contributed by atoms with Gasteiger partial charge in [-0.05, 0) is 0 Å². The summed E-state index contributed by atoms with van der Waals surface area (Å²) in [5, 5.41) is 18.7. The number of nitro benzene ring substituents is 1. The number of aliphatic carboxylic acids is 1. The van der Waals surface area contributed by atoms with Crippen LogP contribution in [0.25, 0.3) is 0 Å². The number of carbonyl (C=O) groups is 1. The molecule has 0 amide bonds. The average molecular weight is 233 g/mol. The second-order valence-electron chi connectivity index (χ2n) is 2.67. The maximum Gasteiger partial charge on any atom is 0.341 e. The summed E-state index contributed by atoms with van der Waals surface area (Å²) in [6.45, 7) is -0.883. The molecule has 0 atom stereocenters. The van der Waals surface area contributed by atoms with Crippen LogP contribution in [0.5, 0.6) is 5.75 Å². The minimum atomic E-state index is -1.41. The summed E-state index contributed by atoms with van der Waals surface area (Å²) in [5.74, 6) is -4.79. The normalized spacial score (nSPS) is 9.88. The number of nitrogens with zero attached hydrogens (tertiary/aromatic N) is 1. The standard InChI is InChI=1S/C8H5F2NO5/c9-4-1-6(11(14)15)7(2-5(4)10)16-3-8(12)13/h1-2H,3H2,(H,12,13). The lowest BCUT2D eigenvalue weighted by molar-refractivity contribution is -0.386. The fourth-order valence-electron chi connectivity index (χ4n) is 0.916. The third kappa shape index (κ3) is 2.62. The zero-order valence-corrected chi connectivity index (χ0v) is 7.65. The van der Waals surface area contributed by atoms with E-state index in [1.807, 2.05) is 0 Å². The van der Waals surface area contributed by atoms with E-state index in [0.717, 1.165) is 0 Å². The van der Waals surface area contributed by atoms with Crippen LogP contribution < -0.4 is 4.74 Å². The summed E-state index contributed by atoms with van der Waals surface area (Å²) in [7, 11) is 0. The first-order chi connectivity index (χ1) is 7.41. The van der Waals surface area contributed by atoms with Gasteiger partial charge in [0.1, 0.15) is 0 Å². The third-order valence-electron chi connectivity index (χ3n) is 1.55. The van der Waals surface area contributed by atoms with Crippen LogP contribution in [-0.4, -0.2) is 22.6 Å². The molecule has 0 fully saturated rings. The third-order valence-corrected chi connectivity index (χ3v) is 1.55. The molecule has 0 spiro atoms. The minimum Gasteiger partial charge on any atom is -0.479 e. The number of halogens is 2. The van der Waals surface area contributed by atoms with Crippen LogP contribution in [0.2, 0.25) is 0 Å². The van der Waals surface area contributed by atoms with Gasteiger partial charge in [-0.25, -0.2) is 13.6 Å². The van der Waals surface area contributed by atoms with Crippen LogP contribution in [0.4, 0.5) is 14.5 Å². The Kier molecular flexibility index (Phi) is 3.33. The van der Waals surface area contributed by atoms with E-state index in [-0.39, 0.29) is 0 Å². The van der Waals surface area contributed by atoms with Crippen LogP contribution in [-0.2, 0) is 4.79 Å². The van der Waals surface area contributed by atoms with Crippen molar-refractivity contribution in [3.8, 4) is 5.75 Å². The van der Waals surface area contributed by atoms with Crippen LogP contribution >= 0.6 is 0 Å². The Bertz CT molecular complexity index is 448. The highest BCUT2D eigenvalue weighted by atomic mass is 19.2. The highest BCUT2D eigenvalue weighted by Crippen LogP contribution is 2.29. The molecule has 0 aliphatic rings. The first kappa shape index (κ1) is 11.8. The van der Waals surface area contributed by atoms with Crippen LogP contribution in [0.1, 0.15) is 0 Å². The molecule has 1 N–H and O–H groups in total. The van der Waals surface area contributed by atoms with Gasteiger partial charge in [0.05, 0.1) is 11.0 Å². The molecule has 1 rings (SSSR count). The lowest BCUT2D eigenvalue weighted by Crippen LogP contribution is -2.11. The minimum absolute atomic E-state index is 0.326. The molecule has 0 radical (unpaired) electrons. The summed E-state index contributed by atoms with van der Waals surface area (Å²) in [4.78, 5) is 19.6. The summed E-state index contributed by atoms with van der Waals surface area (Å²) in [6, 6.07) is 0.753. The largest absolute Gasteiger partial charge is 0.479 e. The van der Waals surface area contributed by atoms with Gasteiger partial charge >= 0.3 is 11.7 Å². The van der Waals surface area contributed by atoms with Gasteiger partial charge in [-0.1, -0.05) is 0 Å². The van der Waals surface area contributed by atoms with Crippen LogP contribution in [0.3, 0.4) is 0 Å². The second kappa shape index (κ2) is 4.51. The Morgan fingerprint density at radius 1 is 1.44 bits per heavy atom. The number of benzene rings is 1. The summed E-state index contributed by atoms with van der Waals surface area (Å²) in [5.41, 5.74) is -0.833. The molecular formula is C8H5F2NO5. The number of hydrogen-bond acceptors (Lipinski definition) is 4. The number of ether oxygens (including phenoxy) is 1. The van der Waals surface area contributed by atoms with Crippen molar-refractivity contribution in [2.75, 3.05) is 6.61 Å². The fraction of sp³-hybridized carbons (Fsp3) is 0.125. The Hall–Kier alpha value is -2.25. The van der Waals surface area contributed by atoms with E-state index < -0.39 is 40.6 Å². The molecule has 16 heavy (non-hydrogen) atoms. The Balaban J connectivity index is 3.09. The first-order valence-corrected chi connectivity index (χ1v) is 3.90. The second-order valence-corrected chi connectivity index (χ2v) is 2.67. The van der Waals surface area contributed by atoms with Gasteiger partial charge in [0.15, 0.2) is 18.2 Å². The highest BCUT2D eigenvalue weighted by molar-refractivity contribution is 5.68. The SMILES string of the molecule is O=C(O)COc1cc(F)c(F)cc1[N+](=O)[O-]. The van der Waals surface area contributed by atoms with Gasteiger partial charge in [-0.3, -0.25) is 10.1 Å². The monoisotopic (exact) mass is 233 g/mol.